The van der Waals surface area contributed by atoms with Gasteiger partial charge in [0.1, 0.15) is 11.6 Å². The molecule has 1 unspecified atom stereocenters. The van der Waals surface area contributed by atoms with E-state index in [-0.39, 0.29) is 23.6 Å². The Bertz CT molecular complexity index is 1330. The minimum atomic E-state index is -0.686. The van der Waals surface area contributed by atoms with E-state index >= 15 is 0 Å². The van der Waals surface area contributed by atoms with Gasteiger partial charge in [-0.1, -0.05) is 23.4 Å². The molecule has 0 saturated heterocycles. The van der Waals surface area contributed by atoms with Crippen LogP contribution < -0.4 is 5.32 Å². The van der Waals surface area contributed by atoms with E-state index in [4.69, 9.17) is 4.52 Å². The van der Waals surface area contributed by atoms with Gasteiger partial charge in [-0.15, -0.1) is 11.3 Å². The van der Waals surface area contributed by atoms with Crippen LogP contribution in [-0.4, -0.2) is 21.1 Å². The summed E-state index contributed by atoms with van der Waals surface area (Å²) in [7, 11) is 0. The van der Waals surface area contributed by atoms with Gasteiger partial charge in [0.2, 0.25) is 5.82 Å². The van der Waals surface area contributed by atoms with Gasteiger partial charge >= 0.3 is 6.03 Å². The molecule has 1 aliphatic rings. The fraction of sp³-hybridized carbons (Fsp3) is 0.125. The maximum atomic E-state index is 14.0. The highest BCUT2D eigenvalue weighted by molar-refractivity contribution is 7.09. The maximum Gasteiger partial charge on any atom is 0.322 e. The average Bonchev–Trinajstić information content (AvgIpc) is 3.49. The molecule has 9 heteroatoms. The molecule has 0 aliphatic carbocycles. The van der Waals surface area contributed by atoms with Crippen LogP contribution in [0.2, 0.25) is 0 Å². The molecule has 1 atom stereocenters. The first-order valence-electron chi connectivity index (χ1n) is 10.2. The van der Waals surface area contributed by atoms with Crippen LogP contribution in [0.1, 0.15) is 29.3 Å². The molecule has 1 N–H and O–H groups in total. The van der Waals surface area contributed by atoms with Gasteiger partial charge in [-0.3, -0.25) is 4.90 Å². The zero-order chi connectivity index (χ0) is 22.9. The Balaban J connectivity index is 1.60. The monoisotopic (exact) mass is 464 g/mol. The van der Waals surface area contributed by atoms with Crippen molar-refractivity contribution >= 4 is 22.9 Å². The average molecular weight is 464 g/mol. The minimum absolute atomic E-state index is 0.192. The number of carbonyl (C=O) groups excluding carboxylic acids is 1. The summed E-state index contributed by atoms with van der Waals surface area (Å²) in [6.45, 7) is 2.17. The van der Waals surface area contributed by atoms with Crippen LogP contribution in [0.25, 0.3) is 17.0 Å². The fourth-order valence-electron chi connectivity index (χ4n) is 3.79. The third-order valence-electron chi connectivity index (χ3n) is 5.43. The summed E-state index contributed by atoms with van der Waals surface area (Å²) in [5.74, 6) is -0.314. The second-order valence-electron chi connectivity index (χ2n) is 7.53. The number of halogens is 2. The molecule has 0 radical (unpaired) electrons. The van der Waals surface area contributed by atoms with Gasteiger partial charge in [-0.25, -0.2) is 13.6 Å². The first-order chi connectivity index (χ1) is 16.0. The lowest BCUT2D eigenvalue weighted by Gasteiger charge is -2.35. The lowest BCUT2D eigenvalue weighted by Crippen LogP contribution is -2.45. The second kappa shape index (κ2) is 8.59. The molecule has 0 spiro atoms. The van der Waals surface area contributed by atoms with Gasteiger partial charge < -0.3 is 9.84 Å². The van der Waals surface area contributed by atoms with Crippen LogP contribution in [0.3, 0.4) is 0 Å². The predicted octanol–water partition coefficient (Wildman–Crippen LogP) is 5.77. The summed E-state index contributed by atoms with van der Waals surface area (Å²) in [6.07, 6.45) is 0. The Morgan fingerprint density at radius 3 is 2.64 bits per heavy atom. The molecule has 2 aromatic carbocycles. The smallest absolute Gasteiger partial charge is 0.322 e. The van der Waals surface area contributed by atoms with E-state index in [1.54, 1.807) is 47.4 Å². The van der Waals surface area contributed by atoms with E-state index in [0.29, 0.717) is 28.9 Å². The van der Waals surface area contributed by atoms with Gasteiger partial charge in [-0.2, -0.15) is 4.98 Å². The van der Waals surface area contributed by atoms with Crippen LogP contribution in [0.5, 0.6) is 0 Å². The largest absolute Gasteiger partial charge is 0.334 e. The summed E-state index contributed by atoms with van der Waals surface area (Å²) in [5.41, 5.74) is 2.32. The molecular weight excluding hydrogens is 446 g/mol. The first kappa shape index (κ1) is 21.0. The summed E-state index contributed by atoms with van der Waals surface area (Å²) in [6, 6.07) is 14.6. The molecule has 0 bridgehead atoms. The molecule has 5 rings (SSSR count). The highest BCUT2D eigenvalue weighted by Crippen LogP contribution is 2.38. The second-order valence-corrected chi connectivity index (χ2v) is 8.56. The Morgan fingerprint density at radius 2 is 1.91 bits per heavy atom. The number of nitrogens with zero attached hydrogens (tertiary/aromatic N) is 3. The highest BCUT2D eigenvalue weighted by Gasteiger charge is 2.36. The number of hydrogen-bond acceptors (Lipinski definition) is 5. The Kier molecular flexibility index (Phi) is 5.47. The molecule has 0 saturated carbocycles. The SMILES string of the molecule is CC1=C(c2nc(-c3ccc(F)cc3)no2)C(c2cccc(F)c2)NC(=O)N1Cc1cccs1. The third kappa shape index (κ3) is 4.14. The van der Waals surface area contributed by atoms with Crippen LogP contribution in [0, 0.1) is 11.6 Å². The van der Waals surface area contributed by atoms with Gasteiger partial charge in [0.25, 0.3) is 5.89 Å². The molecule has 6 nitrogen and oxygen atoms in total. The Labute approximate surface area is 192 Å². The van der Waals surface area contributed by atoms with E-state index < -0.39 is 11.9 Å². The van der Waals surface area contributed by atoms with Crippen molar-refractivity contribution in [1.29, 1.82) is 0 Å². The zero-order valence-corrected chi connectivity index (χ0v) is 18.3. The lowest BCUT2D eigenvalue weighted by atomic mass is 9.94. The van der Waals surface area contributed by atoms with Crippen molar-refractivity contribution in [2.75, 3.05) is 0 Å². The van der Waals surface area contributed by atoms with E-state index in [2.05, 4.69) is 15.5 Å². The summed E-state index contributed by atoms with van der Waals surface area (Å²) in [4.78, 5) is 20.1. The summed E-state index contributed by atoms with van der Waals surface area (Å²) >= 11 is 1.54. The molecule has 2 amide bonds. The third-order valence-corrected chi connectivity index (χ3v) is 6.29. The van der Waals surface area contributed by atoms with Gasteiger partial charge in [0, 0.05) is 16.1 Å². The van der Waals surface area contributed by atoms with Crippen LogP contribution in [0.15, 0.2) is 76.3 Å². The molecule has 166 valence electrons. The fourth-order valence-corrected chi connectivity index (χ4v) is 4.49. The van der Waals surface area contributed by atoms with Crippen molar-refractivity contribution in [3.8, 4) is 11.4 Å². The number of hydrogen-bond donors (Lipinski definition) is 1. The molecular formula is C24H18F2N4O2S. The van der Waals surface area contributed by atoms with Crippen LogP contribution in [-0.2, 0) is 6.54 Å². The summed E-state index contributed by atoms with van der Waals surface area (Å²) < 4.78 is 32.9. The van der Waals surface area contributed by atoms with Crippen molar-refractivity contribution in [2.45, 2.75) is 19.5 Å². The van der Waals surface area contributed by atoms with E-state index in [1.165, 1.54) is 24.3 Å². The molecule has 1 aliphatic heterocycles. The molecule has 33 heavy (non-hydrogen) atoms. The number of nitrogens with one attached hydrogen (secondary N) is 1. The Hall–Kier alpha value is -3.85. The standard InChI is InChI=1S/C24H18F2N4O2S/c1-14-20(23-28-22(29-32-23)15-7-9-17(25)10-8-15)21(16-4-2-5-18(26)12-16)27-24(31)30(14)13-19-6-3-11-33-19/h2-12,21H,13H2,1H3,(H,27,31). The normalized spacial score (nSPS) is 16.3. The van der Waals surface area contributed by atoms with Crippen LogP contribution >= 0.6 is 11.3 Å². The Morgan fingerprint density at radius 1 is 1.09 bits per heavy atom. The zero-order valence-electron chi connectivity index (χ0n) is 17.5. The number of aromatic nitrogens is 2. The summed E-state index contributed by atoms with van der Waals surface area (Å²) in [5, 5.41) is 8.94. The van der Waals surface area contributed by atoms with Gasteiger partial charge in [-0.05, 0) is 60.3 Å². The molecule has 3 heterocycles. The number of carbonyl (C=O) groups is 1. The quantitative estimate of drug-likeness (QED) is 0.407. The molecule has 0 fully saturated rings. The predicted molar refractivity (Wildman–Crippen MR) is 120 cm³/mol. The number of urea groups is 1. The van der Waals surface area contributed by atoms with Crippen LogP contribution in [0.4, 0.5) is 13.6 Å². The van der Waals surface area contributed by atoms with E-state index in [1.807, 2.05) is 17.5 Å². The molecule has 4 aromatic rings. The number of amides is 2. The van der Waals surface area contributed by atoms with E-state index in [0.717, 1.165) is 4.88 Å². The van der Waals surface area contributed by atoms with Crippen molar-refractivity contribution in [1.82, 2.24) is 20.4 Å². The van der Waals surface area contributed by atoms with Crippen molar-refractivity contribution in [3.63, 3.8) is 0 Å². The maximum absolute atomic E-state index is 14.0. The van der Waals surface area contributed by atoms with Crippen molar-refractivity contribution < 1.29 is 18.1 Å². The van der Waals surface area contributed by atoms with Gasteiger partial charge in [0.05, 0.1) is 18.2 Å². The molecule has 2 aromatic heterocycles. The number of benzene rings is 2. The lowest BCUT2D eigenvalue weighted by molar-refractivity contribution is 0.203. The number of thiophene rings is 1. The highest BCUT2D eigenvalue weighted by atomic mass is 32.1. The minimum Gasteiger partial charge on any atom is -0.334 e. The number of allylic oxidation sites excluding steroid dienone is 1. The first-order valence-corrected chi connectivity index (χ1v) is 11.0. The van der Waals surface area contributed by atoms with Gasteiger partial charge in [0.15, 0.2) is 0 Å². The topological polar surface area (TPSA) is 71.3 Å². The number of rotatable bonds is 5. The van der Waals surface area contributed by atoms with Crippen molar-refractivity contribution in [3.05, 3.63) is 99.7 Å². The van der Waals surface area contributed by atoms with Crippen molar-refractivity contribution in [2.24, 2.45) is 0 Å². The van der Waals surface area contributed by atoms with E-state index in [9.17, 15) is 13.6 Å².